The summed E-state index contributed by atoms with van der Waals surface area (Å²) in [4.78, 5) is 12.2. The minimum Gasteiger partial charge on any atom is -0.495 e. The van der Waals surface area contributed by atoms with Crippen LogP contribution < -0.4 is 15.4 Å². The molecule has 1 aliphatic heterocycles. The van der Waals surface area contributed by atoms with Crippen LogP contribution in [0.15, 0.2) is 18.2 Å². The van der Waals surface area contributed by atoms with E-state index in [1.165, 1.54) is 7.11 Å². The molecule has 7 heteroatoms. The molecule has 4 nitrogen and oxygen atoms in total. The average Bonchev–Trinajstić information content (AvgIpc) is 2.91. The number of rotatable bonds is 3. The van der Waals surface area contributed by atoms with Crippen molar-refractivity contribution in [1.82, 2.24) is 5.32 Å². The summed E-state index contributed by atoms with van der Waals surface area (Å²) in [6.45, 7) is 1.58. The Labute approximate surface area is 120 Å². The molecule has 0 aromatic heterocycles. The summed E-state index contributed by atoms with van der Waals surface area (Å²) in [5.41, 5.74) is -1.26. The SMILES string of the molecule is COc1cc(C)ccc1NC(=O)C1(C(F)(F)F)CCNC1. The zero-order valence-corrected chi connectivity index (χ0v) is 11.8. The molecule has 0 radical (unpaired) electrons. The molecular weight excluding hydrogens is 285 g/mol. The van der Waals surface area contributed by atoms with Crippen LogP contribution in [-0.4, -0.2) is 32.3 Å². The minimum atomic E-state index is -4.60. The summed E-state index contributed by atoms with van der Waals surface area (Å²) in [6.07, 6.45) is -4.87. The zero-order valence-electron chi connectivity index (χ0n) is 11.8. The molecule has 1 aromatic rings. The van der Waals surface area contributed by atoms with Crippen LogP contribution in [0.5, 0.6) is 5.75 Å². The maximum atomic E-state index is 13.3. The molecule has 0 bridgehead atoms. The summed E-state index contributed by atoms with van der Waals surface area (Å²) in [5, 5.41) is 4.97. The number of carbonyl (C=O) groups is 1. The van der Waals surface area contributed by atoms with Crippen molar-refractivity contribution in [2.75, 3.05) is 25.5 Å². The third-order valence-corrected chi connectivity index (χ3v) is 3.74. The highest BCUT2D eigenvalue weighted by atomic mass is 19.4. The highest BCUT2D eigenvalue weighted by Crippen LogP contribution is 2.44. The summed E-state index contributed by atoms with van der Waals surface area (Å²) in [7, 11) is 1.40. The first-order valence-electron chi connectivity index (χ1n) is 6.54. The molecule has 1 heterocycles. The van der Waals surface area contributed by atoms with Gasteiger partial charge in [0.15, 0.2) is 5.41 Å². The van der Waals surface area contributed by atoms with Gasteiger partial charge in [0.25, 0.3) is 0 Å². The Hall–Kier alpha value is -1.76. The lowest BCUT2D eigenvalue weighted by Crippen LogP contribution is -2.49. The molecule has 1 atom stereocenters. The van der Waals surface area contributed by atoms with Gasteiger partial charge in [-0.05, 0) is 37.6 Å². The van der Waals surface area contributed by atoms with E-state index >= 15 is 0 Å². The minimum absolute atomic E-state index is 0.165. The lowest BCUT2D eigenvalue weighted by atomic mass is 9.85. The average molecular weight is 302 g/mol. The number of benzene rings is 1. The molecule has 21 heavy (non-hydrogen) atoms. The normalized spacial score (nSPS) is 22.1. The van der Waals surface area contributed by atoms with Crippen molar-refractivity contribution in [3.05, 3.63) is 23.8 Å². The van der Waals surface area contributed by atoms with Gasteiger partial charge in [0.1, 0.15) is 5.75 Å². The Kier molecular flexibility index (Phi) is 4.13. The lowest BCUT2D eigenvalue weighted by molar-refractivity contribution is -0.213. The van der Waals surface area contributed by atoms with Crippen LogP contribution in [0.25, 0.3) is 0 Å². The first-order valence-corrected chi connectivity index (χ1v) is 6.54. The Morgan fingerprint density at radius 1 is 1.43 bits per heavy atom. The fourth-order valence-corrected chi connectivity index (χ4v) is 2.40. The third-order valence-electron chi connectivity index (χ3n) is 3.74. The van der Waals surface area contributed by atoms with Crippen molar-refractivity contribution in [3.8, 4) is 5.75 Å². The number of alkyl halides is 3. The zero-order chi connectivity index (χ0) is 15.7. The van der Waals surface area contributed by atoms with Crippen LogP contribution in [0.2, 0.25) is 0 Å². The van der Waals surface area contributed by atoms with E-state index in [0.29, 0.717) is 5.75 Å². The number of amides is 1. The highest BCUT2D eigenvalue weighted by molar-refractivity contribution is 5.97. The van der Waals surface area contributed by atoms with Gasteiger partial charge in [0.05, 0.1) is 12.8 Å². The summed E-state index contributed by atoms with van der Waals surface area (Å²) >= 11 is 0. The largest absolute Gasteiger partial charge is 0.495 e. The Morgan fingerprint density at radius 2 is 2.14 bits per heavy atom. The lowest BCUT2D eigenvalue weighted by Gasteiger charge is -2.29. The topological polar surface area (TPSA) is 50.4 Å². The fourth-order valence-electron chi connectivity index (χ4n) is 2.40. The van der Waals surface area contributed by atoms with Gasteiger partial charge in [-0.3, -0.25) is 4.79 Å². The maximum absolute atomic E-state index is 13.3. The highest BCUT2D eigenvalue weighted by Gasteiger charge is 2.61. The van der Waals surface area contributed by atoms with Crippen LogP contribution in [-0.2, 0) is 4.79 Å². The molecular formula is C14H17F3N2O2. The maximum Gasteiger partial charge on any atom is 0.404 e. The van der Waals surface area contributed by atoms with E-state index in [1.807, 2.05) is 6.92 Å². The van der Waals surface area contributed by atoms with Crippen molar-refractivity contribution >= 4 is 11.6 Å². The van der Waals surface area contributed by atoms with E-state index in [0.717, 1.165) is 5.56 Å². The molecule has 1 aliphatic rings. The predicted octanol–water partition coefficient (Wildman–Crippen LogP) is 2.48. The molecule has 1 unspecified atom stereocenters. The number of halogens is 3. The molecule has 1 amide bonds. The van der Waals surface area contributed by atoms with E-state index in [2.05, 4.69) is 10.6 Å². The van der Waals surface area contributed by atoms with Gasteiger partial charge in [0.2, 0.25) is 5.91 Å². The Balaban J connectivity index is 2.28. The smallest absolute Gasteiger partial charge is 0.404 e. The summed E-state index contributed by atoms with van der Waals surface area (Å²) in [5.74, 6) is -0.714. The first-order chi connectivity index (χ1) is 9.80. The van der Waals surface area contributed by atoms with Crippen LogP contribution in [0, 0.1) is 12.3 Å². The summed E-state index contributed by atoms with van der Waals surface area (Å²) in [6, 6.07) is 4.90. The van der Waals surface area contributed by atoms with Crippen LogP contribution in [0.1, 0.15) is 12.0 Å². The van der Waals surface area contributed by atoms with E-state index in [-0.39, 0.29) is 18.7 Å². The quantitative estimate of drug-likeness (QED) is 0.902. The van der Waals surface area contributed by atoms with Crippen molar-refractivity contribution in [2.24, 2.45) is 5.41 Å². The molecule has 116 valence electrons. The number of hydrogen-bond acceptors (Lipinski definition) is 3. The molecule has 1 aromatic carbocycles. The summed E-state index contributed by atoms with van der Waals surface area (Å²) < 4.78 is 44.9. The number of carbonyl (C=O) groups excluding carboxylic acids is 1. The number of anilines is 1. The van der Waals surface area contributed by atoms with Gasteiger partial charge in [0, 0.05) is 6.54 Å². The van der Waals surface area contributed by atoms with Crippen LogP contribution in [0.4, 0.5) is 18.9 Å². The van der Waals surface area contributed by atoms with E-state index in [9.17, 15) is 18.0 Å². The van der Waals surface area contributed by atoms with Crippen molar-refractivity contribution in [2.45, 2.75) is 19.5 Å². The van der Waals surface area contributed by atoms with Crippen molar-refractivity contribution in [3.63, 3.8) is 0 Å². The van der Waals surface area contributed by atoms with Crippen molar-refractivity contribution < 1.29 is 22.7 Å². The number of methoxy groups -OCH3 is 1. The fraction of sp³-hybridized carbons (Fsp3) is 0.500. The molecule has 0 aliphatic carbocycles. The second-order valence-electron chi connectivity index (χ2n) is 5.16. The molecule has 1 fully saturated rings. The molecule has 0 spiro atoms. The molecule has 2 N–H and O–H groups in total. The third kappa shape index (κ3) is 2.83. The molecule has 1 saturated heterocycles. The van der Waals surface area contributed by atoms with Gasteiger partial charge >= 0.3 is 6.18 Å². The Morgan fingerprint density at radius 3 is 2.67 bits per heavy atom. The van der Waals surface area contributed by atoms with E-state index in [4.69, 9.17) is 4.74 Å². The van der Waals surface area contributed by atoms with Crippen LogP contribution >= 0.6 is 0 Å². The second-order valence-corrected chi connectivity index (χ2v) is 5.16. The number of nitrogens with one attached hydrogen (secondary N) is 2. The molecule has 0 saturated carbocycles. The van der Waals surface area contributed by atoms with Gasteiger partial charge in [-0.25, -0.2) is 0 Å². The van der Waals surface area contributed by atoms with Gasteiger partial charge < -0.3 is 15.4 Å². The predicted molar refractivity (Wildman–Crippen MR) is 72.3 cm³/mol. The van der Waals surface area contributed by atoms with Gasteiger partial charge in [-0.2, -0.15) is 13.2 Å². The van der Waals surface area contributed by atoms with Crippen LogP contribution in [0.3, 0.4) is 0 Å². The van der Waals surface area contributed by atoms with Crippen molar-refractivity contribution in [1.29, 1.82) is 0 Å². The van der Waals surface area contributed by atoms with E-state index in [1.54, 1.807) is 18.2 Å². The van der Waals surface area contributed by atoms with Gasteiger partial charge in [-0.15, -0.1) is 0 Å². The second kappa shape index (κ2) is 5.55. The Bertz CT molecular complexity index is 538. The monoisotopic (exact) mass is 302 g/mol. The van der Waals surface area contributed by atoms with E-state index < -0.39 is 24.0 Å². The number of aryl methyl sites for hydroxylation is 1. The van der Waals surface area contributed by atoms with Gasteiger partial charge in [-0.1, -0.05) is 6.07 Å². The molecule has 2 rings (SSSR count). The number of ether oxygens (including phenoxy) is 1. The first kappa shape index (κ1) is 15.6. The standard InChI is InChI=1S/C14H17F3N2O2/c1-9-3-4-10(11(7-9)21-2)19-12(20)13(14(15,16)17)5-6-18-8-13/h3-4,7,18H,5-6,8H2,1-2H3,(H,19,20). The number of hydrogen-bond donors (Lipinski definition) is 2.